The molecule has 0 spiro atoms. The number of rotatable bonds is 5. The number of hydrogen-bond acceptors (Lipinski definition) is 2. The Morgan fingerprint density at radius 3 is 1.90 bits per heavy atom. The molecule has 12 rings (SSSR count). The van der Waals surface area contributed by atoms with E-state index in [0.717, 1.165) is 35.5 Å². The molecule has 1 heterocycles. The molecule has 2 aliphatic carbocycles. The monoisotopic (exact) mass is 794 g/mol. The Morgan fingerprint density at radius 2 is 1.13 bits per heavy atom. The molecule has 2 heteroatoms. The number of fused-ring (bicyclic) bond motifs is 11. The molecule has 2 nitrogen and oxygen atoms in total. The zero-order valence-electron chi connectivity index (χ0n) is 35.1. The van der Waals surface area contributed by atoms with Crippen LogP contribution in [0.4, 0.5) is 0 Å². The topological polar surface area (TPSA) is 24.4 Å². The Balaban J connectivity index is 0.939. The van der Waals surface area contributed by atoms with Crippen LogP contribution in [0.25, 0.3) is 60.6 Å². The third-order valence-electron chi connectivity index (χ3n) is 13.9. The quantitative estimate of drug-likeness (QED) is 0.172. The lowest BCUT2D eigenvalue weighted by atomic mass is 9.78. The van der Waals surface area contributed by atoms with E-state index in [1.165, 1.54) is 88.3 Å². The standard InChI is InChI=1S/C60H46N2/c1-60(2)54-36-52-43(35-53(54)57-50-26-13-11-23-47(50)48-24-12-14-27-51(48)58(57)60)32-33-45(46-22-9-10-25-49(46)52)42-20-15-21-44(34-42)56-37-55(61-59(62-56)41-18-7-4-8-19-41)40-30-28-39(29-31-40)38-16-5-3-6-17-38/h3-31,34-37,45,55H,32-33H2,1-2H3,(H,61,62). The number of amidine groups is 1. The molecule has 9 aromatic rings. The van der Waals surface area contributed by atoms with Crippen LogP contribution in [0.2, 0.25) is 0 Å². The second kappa shape index (κ2) is 14.4. The molecule has 0 amide bonds. The van der Waals surface area contributed by atoms with E-state index < -0.39 is 0 Å². The van der Waals surface area contributed by atoms with Gasteiger partial charge in [0.15, 0.2) is 0 Å². The lowest BCUT2D eigenvalue weighted by Gasteiger charge is -2.25. The van der Waals surface area contributed by atoms with Crippen molar-refractivity contribution in [2.24, 2.45) is 4.99 Å². The van der Waals surface area contributed by atoms with Gasteiger partial charge in [0, 0.05) is 22.5 Å². The van der Waals surface area contributed by atoms with Gasteiger partial charge < -0.3 is 5.32 Å². The molecule has 9 aromatic carbocycles. The molecule has 1 N–H and O–H groups in total. The molecular weight excluding hydrogens is 749 g/mol. The Hall–Kier alpha value is -7.29. The maximum Gasteiger partial charge on any atom is 0.134 e. The van der Waals surface area contributed by atoms with Gasteiger partial charge in [-0.25, -0.2) is 4.99 Å². The second-order valence-electron chi connectivity index (χ2n) is 17.8. The minimum absolute atomic E-state index is 0.0364. The average Bonchev–Trinajstić information content (AvgIpc) is 3.45. The van der Waals surface area contributed by atoms with Crippen LogP contribution in [0.5, 0.6) is 0 Å². The van der Waals surface area contributed by atoms with E-state index >= 15 is 0 Å². The van der Waals surface area contributed by atoms with Gasteiger partial charge in [-0.1, -0.05) is 196 Å². The van der Waals surface area contributed by atoms with Crippen molar-refractivity contribution in [2.45, 2.75) is 44.1 Å². The summed E-state index contributed by atoms with van der Waals surface area (Å²) in [5.74, 6) is 1.12. The molecule has 296 valence electrons. The second-order valence-corrected chi connectivity index (χ2v) is 17.8. The SMILES string of the molecule is CC1(C)c2cc3c(cc2-c2c1c1ccccc1c1ccccc21)CCC(c1cccc(C2=CC(c4ccc(-c5ccccc5)cc4)NC(c4ccccc4)=N2)c1)c1ccccc1-3. The van der Waals surface area contributed by atoms with Crippen molar-refractivity contribution in [3.8, 4) is 33.4 Å². The van der Waals surface area contributed by atoms with E-state index in [2.05, 4.69) is 219 Å². The lowest BCUT2D eigenvalue weighted by Crippen LogP contribution is -2.31. The van der Waals surface area contributed by atoms with Gasteiger partial charge in [0.2, 0.25) is 0 Å². The van der Waals surface area contributed by atoms with Crippen LogP contribution >= 0.6 is 0 Å². The first kappa shape index (κ1) is 36.6. The van der Waals surface area contributed by atoms with Gasteiger partial charge >= 0.3 is 0 Å². The number of nitrogens with one attached hydrogen (secondary N) is 1. The van der Waals surface area contributed by atoms with Gasteiger partial charge in [-0.2, -0.15) is 0 Å². The van der Waals surface area contributed by atoms with Gasteiger partial charge in [-0.3, -0.25) is 0 Å². The van der Waals surface area contributed by atoms with Crippen molar-refractivity contribution in [3.05, 3.63) is 245 Å². The van der Waals surface area contributed by atoms with E-state index in [9.17, 15) is 0 Å². The molecule has 2 atom stereocenters. The summed E-state index contributed by atoms with van der Waals surface area (Å²) >= 11 is 0. The summed E-state index contributed by atoms with van der Waals surface area (Å²) in [5, 5.41) is 9.18. The van der Waals surface area contributed by atoms with Gasteiger partial charge in [-0.05, 0) is 119 Å². The minimum atomic E-state index is -0.151. The zero-order valence-corrected chi connectivity index (χ0v) is 35.1. The maximum atomic E-state index is 5.32. The van der Waals surface area contributed by atoms with E-state index in [1.807, 2.05) is 0 Å². The molecule has 0 saturated heterocycles. The molecular formula is C60H46N2. The van der Waals surface area contributed by atoms with Gasteiger partial charge in [-0.15, -0.1) is 0 Å². The van der Waals surface area contributed by atoms with Crippen LogP contribution in [0.15, 0.2) is 205 Å². The predicted octanol–water partition coefficient (Wildman–Crippen LogP) is 14.8. The molecule has 3 aliphatic rings. The number of benzene rings is 9. The van der Waals surface area contributed by atoms with Crippen LogP contribution in [0, 0.1) is 0 Å². The number of hydrogen-bond donors (Lipinski definition) is 1. The number of aliphatic imine (C=N–C) groups is 1. The van der Waals surface area contributed by atoms with Crippen LogP contribution < -0.4 is 5.32 Å². The zero-order chi connectivity index (χ0) is 41.4. The van der Waals surface area contributed by atoms with E-state index in [-0.39, 0.29) is 17.4 Å². The van der Waals surface area contributed by atoms with E-state index in [4.69, 9.17) is 4.99 Å². The Kier molecular flexibility index (Phi) is 8.50. The normalized spacial score (nSPS) is 17.2. The largest absolute Gasteiger partial charge is 0.359 e. The molecule has 0 aromatic heterocycles. The van der Waals surface area contributed by atoms with Crippen molar-refractivity contribution >= 4 is 33.1 Å². The summed E-state index contributed by atoms with van der Waals surface area (Å²) in [6, 6.07) is 71.6. The molecule has 1 aliphatic heterocycles. The summed E-state index contributed by atoms with van der Waals surface area (Å²) < 4.78 is 0. The third kappa shape index (κ3) is 5.89. The predicted molar refractivity (Wildman–Crippen MR) is 260 cm³/mol. The number of aryl methyl sites for hydroxylation is 1. The molecule has 62 heavy (non-hydrogen) atoms. The van der Waals surface area contributed by atoms with Crippen molar-refractivity contribution < 1.29 is 0 Å². The molecule has 0 radical (unpaired) electrons. The highest BCUT2D eigenvalue weighted by molar-refractivity contribution is 6.18. The van der Waals surface area contributed by atoms with Crippen molar-refractivity contribution in [1.82, 2.24) is 5.32 Å². The maximum absolute atomic E-state index is 5.32. The molecule has 0 bridgehead atoms. The first-order valence-corrected chi connectivity index (χ1v) is 22.1. The summed E-state index contributed by atoms with van der Waals surface area (Å²) in [7, 11) is 0. The highest BCUT2D eigenvalue weighted by Gasteiger charge is 2.40. The fourth-order valence-corrected chi connectivity index (χ4v) is 10.9. The minimum Gasteiger partial charge on any atom is -0.359 e. The smallest absolute Gasteiger partial charge is 0.134 e. The highest BCUT2D eigenvalue weighted by Crippen LogP contribution is 2.56. The first-order chi connectivity index (χ1) is 30.5. The molecule has 0 fully saturated rings. The fourth-order valence-electron chi connectivity index (χ4n) is 10.9. The molecule has 0 saturated carbocycles. The van der Waals surface area contributed by atoms with Crippen LogP contribution in [0.3, 0.4) is 0 Å². The highest BCUT2D eigenvalue weighted by atomic mass is 15.0. The van der Waals surface area contributed by atoms with Crippen LogP contribution in [-0.2, 0) is 11.8 Å². The summed E-state index contributed by atoms with van der Waals surface area (Å²) in [6.07, 6.45) is 4.32. The van der Waals surface area contributed by atoms with Crippen LogP contribution in [-0.4, -0.2) is 5.84 Å². The van der Waals surface area contributed by atoms with Crippen molar-refractivity contribution in [1.29, 1.82) is 0 Å². The van der Waals surface area contributed by atoms with Gasteiger partial charge in [0.05, 0.1) is 11.7 Å². The Morgan fingerprint density at radius 1 is 0.500 bits per heavy atom. The number of nitrogens with zero attached hydrogens (tertiary/aromatic N) is 1. The van der Waals surface area contributed by atoms with Gasteiger partial charge in [0.25, 0.3) is 0 Å². The van der Waals surface area contributed by atoms with Crippen molar-refractivity contribution in [3.63, 3.8) is 0 Å². The lowest BCUT2D eigenvalue weighted by molar-refractivity contribution is 0.666. The van der Waals surface area contributed by atoms with E-state index in [1.54, 1.807) is 0 Å². The Labute approximate surface area is 364 Å². The Bertz CT molecular complexity index is 3280. The average molecular weight is 795 g/mol. The summed E-state index contributed by atoms with van der Waals surface area (Å²) in [4.78, 5) is 5.32. The van der Waals surface area contributed by atoms with Gasteiger partial charge in [0.1, 0.15) is 5.84 Å². The third-order valence-corrected chi connectivity index (χ3v) is 13.9. The summed E-state index contributed by atoms with van der Waals surface area (Å²) in [6.45, 7) is 4.88. The first-order valence-electron chi connectivity index (χ1n) is 22.1. The van der Waals surface area contributed by atoms with Crippen molar-refractivity contribution in [2.75, 3.05) is 0 Å². The molecule has 2 unspecified atom stereocenters. The van der Waals surface area contributed by atoms with Crippen LogP contribution in [0.1, 0.15) is 76.7 Å². The van der Waals surface area contributed by atoms with E-state index in [0.29, 0.717) is 0 Å². The summed E-state index contributed by atoms with van der Waals surface area (Å²) in [5.41, 5.74) is 19.3. The fraction of sp³-hybridized carbons (Fsp3) is 0.117.